The minimum Gasteiger partial charge on any atom is -0.354 e. The van der Waals surface area contributed by atoms with E-state index < -0.39 is 0 Å². The fraction of sp³-hybridized carbons (Fsp3) is 0.562. The van der Waals surface area contributed by atoms with Crippen LogP contribution in [0.3, 0.4) is 0 Å². The first-order valence-electron chi connectivity index (χ1n) is 7.98. The van der Waals surface area contributed by atoms with Gasteiger partial charge in [-0.1, -0.05) is 18.7 Å². The molecule has 0 atom stereocenters. The maximum Gasteiger partial charge on any atom is 0.189 e. The maximum atomic E-state index is 4.68. The Labute approximate surface area is 146 Å². The minimum absolute atomic E-state index is 0.875. The highest BCUT2D eigenvalue weighted by molar-refractivity contribution is 7.98. The second-order valence-corrected chi connectivity index (χ2v) is 7.51. The lowest BCUT2D eigenvalue weighted by Crippen LogP contribution is -2.46. The molecule has 1 aliphatic heterocycles. The van der Waals surface area contributed by atoms with E-state index in [4.69, 9.17) is 0 Å². The van der Waals surface area contributed by atoms with Crippen molar-refractivity contribution in [3.05, 3.63) is 27.8 Å². The molecule has 23 heavy (non-hydrogen) atoms. The summed E-state index contributed by atoms with van der Waals surface area (Å²) in [5.41, 5.74) is 2.32. The molecule has 0 spiro atoms. The molecule has 1 aliphatic rings. The maximum absolute atomic E-state index is 4.68. The summed E-state index contributed by atoms with van der Waals surface area (Å²) in [6.07, 6.45) is 2.98. The summed E-state index contributed by atoms with van der Waals surface area (Å²) in [4.78, 5) is 18.7. The van der Waals surface area contributed by atoms with E-state index in [2.05, 4.69) is 50.0 Å². The lowest BCUT2D eigenvalue weighted by molar-refractivity contribution is 0.247. The number of thiazole rings is 1. The van der Waals surface area contributed by atoms with E-state index in [0.29, 0.717) is 0 Å². The normalized spacial score (nSPS) is 16.0. The number of anilines is 1. The van der Waals surface area contributed by atoms with E-state index in [-0.39, 0.29) is 0 Å². The van der Waals surface area contributed by atoms with E-state index in [1.807, 2.05) is 6.26 Å². The Balaban J connectivity index is 1.62. The van der Waals surface area contributed by atoms with Crippen LogP contribution in [0.1, 0.15) is 23.3 Å². The summed E-state index contributed by atoms with van der Waals surface area (Å²) < 4.78 is 0. The second-order valence-electron chi connectivity index (χ2n) is 5.68. The smallest absolute Gasteiger partial charge is 0.189 e. The monoisotopic (exact) mass is 349 g/mol. The molecule has 0 amide bonds. The van der Waals surface area contributed by atoms with Gasteiger partial charge < -0.3 is 4.90 Å². The van der Waals surface area contributed by atoms with Crippen LogP contribution in [0, 0.1) is 6.92 Å². The number of hydrogen-bond acceptors (Lipinski definition) is 7. The predicted molar refractivity (Wildman–Crippen MR) is 97.5 cm³/mol. The average Bonchev–Trinajstić information content (AvgIpc) is 3.00. The molecule has 5 nitrogen and oxygen atoms in total. The number of piperazine rings is 1. The second kappa shape index (κ2) is 7.59. The van der Waals surface area contributed by atoms with Gasteiger partial charge in [-0.05, 0) is 19.6 Å². The van der Waals surface area contributed by atoms with Gasteiger partial charge in [-0.25, -0.2) is 15.0 Å². The highest BCUT2D eigenvalue weighted by Crippen LogP contribution is 2.20. The van der Waals surface area contributed by atoms with Crippen LogP contribution in [0.4, 0.5) is 5.82 Å². The van der Waals surface area contributed by atoms with Crippen LogP contribution in [0.5, 0.6) is 0 Å². The molecule has 3 rings (SSSR count). The summed E-state index contributed by atoms with van der Waals surface area (Å²) in [5, 5.41) is 4.20. The van der Waals surface area contributed by atoms with Crippen molar-refractivity contribution in [3.63, 3.8) is 0 Å². The summed E-state index contributed by atoms with van der Waals surface area (Å²) >= 11 is 3.35. The van der Waals surface area contributed by atoms with Crippen LogP contribution >= 0.6 is 23.1 Å². The van der Waals surface area contributed by atoms with Crippen LogP contribution in [0.2, 0.25) is 0 Å². The zero-order valence-electron chi connectivity index (χ0n) is 13.9. The van der Waals surface area contributed by atoms with Crippen molar-refractivity contribution in [2.24, 2.45) is 0 Å². The quantitative estimate of drug-likeness (QED) is 0.611. The third-order valence-electron chi connectivity index (χ3n) is 4.04. The lowest BCUT2D eigenvalue weighted by atomic mass is 10.2. The molecule has 1 saturated heterocycles. The van der Waals surface area contributed by atoms with Crippen molar-refractivity contribution in [3.8, 4) is 0 Å². The summed E-state index contributed by atoms with van der Waals surface area (Å²) in [7, 11) is 0. The van der Waals surface area contributed by atoms with Crippen molar-refractivity contribution >= 4 is 28.9 Å². The number of rotatable bonds is 5. The Morgan fingerprint density at radius 1 is 1.13 bits per heavy atom. The summed E-state index contributed by atoms with van der Waals surface area (Å²) in [6.45, 7) is 9.29. The first kappa shape index (κ1) is 16.7. The van der Waals surface area contributed by atoms with Crippen LogP contribution < -0.4 is 4.90 Å². The summed E-state index contributed by atoms with van der Waals surface area (Å²) in [6, 6.07) is 2.14. The summed E-state index contributed by atoms with van der Waals surface area (Å²) in [5.74, 6) is 1.07. The van der Waals surface area contributed by atoms with Crippen LogP contribution in [0.15, 0.2) is 16.6 Å². The average molecular weight is 350 g/mol. The largest absolute Gasteiger partial charge is 0.354 e. The van der Waals surface area contributed by atoms with Gasteiger partial charge in [0.1, 0.15) is 5.82 Å². The SMILES string of the molecule is CCc1cc(N2CCN(Cc3csc(C)n3)CC2)nc(SC)n1. The molecule has 7 heteroatoms. The number of thioether (sulfide) groups is 1. The van der Waals surface area contributed by atoms with Gasteiger partial charge in [0, 0.05) is 49.9 Å². The van der Waals surface area contributed by atoms with Crippen LogP contribution in [-0.4, -0.2) is 52.3 Å². The zero-order valence-corrected chi connectivity index (χ0v) is 15.6. The van der Waals surface area contributed by atoms with Gasteiger partial charge >= 0.3 is 0 Å². The molecule has 2 aromatic heterocycles. The molecule has 0 aliphatic carbocycles. The Kier molecular flexibility index (Phi) is 5.50. The molecule has 0 radical (unpaired) electrons. The zero-order chi connectivity index (χ0) is 16.2. The van der Waals surface area contributed by atoms with E-state index >= 15 is 0 Å². The van der Waals surface area contributed by atoms with E-state index in [0.717, 1.165) is 60.8 Å². The van der Waals surface area contributed by atoms with Crippen molar-refractivity contribution < 1.29 is 0 Å². The van der Waals surface area contributed by atoms with Crippen LogP contribution in [0.25, 0.3) is 0 Å². The molecule has 2 aromatic rings. The highest BCUT2D eigenvalue weighted by Gasteiger charge is 2.19. The molecular weight excluding hydrogens is 326 g/mol. The number of aromatic nitrogens is 3. The molecule has 124 valence electrons. The van der Waals surface area contributed by atoms with Crippen molar-refractivity contribution in [2.75, 3.05) is 37.3 Å². The van der Waals surface area contributed by atoms with Gasteiger partial charge in [-0.3, -0.25) is 4.90 Å². The molecule has 1 fully saturated rings. The Morgan fingerprint density at radius 2 is 1.91 bits per heavy atom. The van der Waals surface area contributed by atoms with E-state index in [1.54, 1.807) is 23.1 Å². The van der Waals surface area contributed by atoms with Gasteiger partial charge in [0.05, 0.1) is 10.7 Å². The number of aryl methyl sites for hydroxylation is 2. The molecule has 3 heterocycles. The Hall–Kier alpha value is -1.18. The van der Waals surface area contributed by atoms with Gasteiger partial charge in [-0.2, -0.15) is 0 Å². The van der Waals surface area contributed by atoms with Gasteiger partial charge in [0.15, 0.2) is 5.16 Å². The first-order chi connectivity index (χ1) is 11.2. The van der Waals surface area contributed by atoms with Gasteiger partial charge in [0.2, 0.25) is 0 Å². The van der Waals surface area contributed by atoms with Gasteiger partial charge in [-0.15, -0.1) is 11.3 Å². The van der Waals surface area contributed by atoms with Gasteiger partial charge in [0.25, 0.3) is 0 Å². The van der Waals surface area contributed by atoms with Crippen molar-refractivity contribution in [1.82, 2.24) is 19.9 Å². The number of nitrogens with zero attached hydrogens (tertiary/aromatic N) is 5. The minimum atomic E-state index is 0.875. The lowest BCUT2D eigenvalue weighted by Gasteiger charge is -2.35. The number of hydrogen-bond donors (Lipinski definition) is 0. The molecule has 0 N–H and O–H groups in total. The standard InChI is InChI=1S/C16H23N5S2/c1-4-13-9-15(19-16(18-13)22-3)21-7-5-20(6-8-21)10-14-11-23-12(2)17-14/h9,11H,4-8,10H2,1-3H3. The first-order valence-corrected chi connectivity index (χ1v) is 10.1. The van der Waals surface area contributed by atoms with Crippen molar-refractivity contribution in [1.29, 1.82) is 0 Å². The fourth-order valence-electron chi connectivity index (χ4n) is 2.74. The Morgan fingerprint density at radius 3 is 2.52 bits per heavy atom. The van der Waals surface area contributed by atoms with E-state index in [9.17, 15) is 0 Å². The molecule has 0 aromatic carbocycles. The van der Waals surface area contributed by atoms with Crippen LogP contribution in [-0.2, 0) is 13.0 Å². The molecule has 0 unspecified atom stereocenters. The van der Waals surface area contributed by atoms with Crippen molar-refractivity contribution in [2.45, 2.75) is 32.0 Å². The van der Waals surface area contributed by atoms with E-state index in [1.165, 1.54) is 5.69 Å². The third-order valence-corrected chi connectivity index (χ3v) is 5.41. The highest BCUT2D eigenvalue weighted by atomic mass is 32.2. The molecule has 0 saturated carbocycles. The Bertz CT molecular complexity index is 627. The molecule has 0 bridgehead atoms. The fourth-order valence-corrected chi connectivity index (χ4v) is 3.74. The third kappa shape index (κ3) is 4.22. The predicted octanol–water partition coefficient (Wildman–Crippen LogP) is 2.85. The topological polar surface area (TPSA) is 45.2 Å². The molecular formula is C16H23N5S2.